The molecule has 14 heavy (non-hydrogen) atoms. The summed E-state index contributed by atoms with van der Waals surface area (Å²) in [5.41, 5.74) is 0.555. The second-order valence-electron chi connectivity index (χ2n) is 2.65. The summed E-state index contributed by atoms with van der Waals surface area (Å²) in [6, 6.07) is 1.40. The Hall–Kier alpha value is -1.45. The third-order valence-corrected chi connectivity index (χ3v) is 1.59. The van der Waals surface area contributed by atoms with Crippen LogP contribution in [0, 0.1) is 23.6 Å². The Morgan fingerprint density at radius 2 is 1.93 bits per heavy atom. The zero-order chi connectivity index (χ0) is 11.3. The topological polar surface area (TPSA) is 52.6 Å². The van der Waals surface area contributed by atoms with Gasteiger partial charge in [-0.15, -0.1) is 0 Å². The molecule has 0 amide bonds. The van der Waals surface area contributed by atoms with E-state index in [9.17, 15) is 4.39 Å². The predicted molar refractivity (Wildman–Crippen MR) is 55.1 cm³/mol. The van der Waals surface area contributed by atoms with Gasteiger partial charge in [-0.1, -0.05) is 13.8 Å². The highest BCUT2D eigenvalue weighted by atomic mass is 19.1. The third kappa shape index (κ3) is 2.80. The van der Waals surface area contributed by atoms with Gasteiger partial charge in [-0.25, -0.2) is 4.39 Å². The highest BCUT2D eigenvalue weighted by molar-refractivity contribution is 5.78. The summed E-state index contributed by atoms with van der Waals surface area (Å²) >= 11 is 0. The van der Waals surface area contributed by atoms with Gasteiger partial charge in [-0.2, -0.15) is 0 Å². The largest absolute Gasteiger partial charge is 0.288 e. The molecule has 0 saturated carbocycles. The average molecular weight is 197 g/mol. The van der Waals surface area contributed by atoms with Crippen LogP contribution in [0.2, 0.25) is 0 Å². The van der Waals surface area contributed by atoms with E-state index in [2.05, 4.69) is 0 Å². The van der Waals surface area contributed by atoms with Crippen molar-refractivity contribution in [3.05, 3.63) is 29.1 Å². The van der Waals surface area contributed by atoms with Crippen molar-refractivity contribution in [3.8, 4) is 0 Å². The number of aryl methyl sites for hydroxylation is 1. The molecule has 0 aliphatic heterocycles. The van der Waals surface area contributed by atoms with Crippen LogP contribution in [-0.4, -0.2) is 10.4 Å². The fraction of sp³-hybridized carbons (Fsp3) is 0.400. The van der Waals surface area contributed by atoms with Gasteiger partial charge in [0, 0.05) is 6.20 Å². The van der Waals surface area contributed by atoms with Crippen LogP contribution in [0.1, 0.15) is 26.3 Å². The summed E-state index contributed by atoms with van der Waals surface area (Å²) in [4.78, 5) is 0. The zero-order valence-electron chi connectivity index (χ0n) is 8.98. The molecule has 0 bridgehead atoms. The number of halogens is 1. The molecule has 0 atom stereocenters. The van der Waals surface area contributed by atoms with E-state index < -0.39 is 5.82 Å². The van der Waals surface area contributed by atoms with Gasteiger partial charge in [0.1, 0.15) is 17.1 Å². The number of hydrogen-bond acceptors (Lipinski definition) is 2. The summed E-state index contributed by atoms with van der Waals surface area (Å²) in [7, 11) is 0. The number of nitrogens with one attached hydrogen (secondary N) is 2. The van der Waals surface area contributed by atoms with Gasteiger partial charge < -0.3 is 0 Å². The Bertz CT molecular complexity index is 379. The van der Waals surface area contributed by atoms with Gasteiger partial charge >= 0.3 is 0 Å². The van der Waals surface area contributed by atoms with Crippen LogP contribution < -0.4 is 5.49 Å². The summed E-state index contributed by atoms with van der Waals surface area (Å²) in [5, 5.41) is 14.6. The summed E-state index contributed by atoms with van der Waals surface area (Å²) in [5.74, 6) is -0.253. The molecule has 1 heterocycles. The van der Waals surface area contributed by atoms with Crippen LogP contribution in [-0.2, 0) is 0 Å². The third-order valence-electron chi connectivity index (χ3n) is 1.59. The molecule has 78 valence electrons. The van der Waals surface area contributed by atoms with Crippen molar-refractivity contribution in [3.63, 3.8) is 0 Å². The molecule has 1 aromatic heterocycles. The average Bonchev–Trinajstić information content (AvgIpc) is 2.14. The fourth-order valence-corrected chi connectivity index (χ4v) is 0.906. The molecule has 0 aromatic carbocycles. The predicted octanol–water partition coefficient (Wildman–Crippen LogP) is 2.29. The van der Waals surface area contributed by atoms with Crippen LogP contribution in [0.15, 0.2) is 12.3 Å². The summed E-state index contributed by atoms with van der Waals surface area (Å²) < 4.78 is 14.1. The monoisotopic (exact) mass is 197 g/mol. The van der Waals surface area contributed by atoms with Gasteiger partial charge in [-0.05, 0) is 25.5 Å². The van der Waals surface area contributed by atoms with Crippen LogP contribution in [0.5, 0.6) is 0 Å². The molecule has 1 aromatic rings. The number of hydrogen-bond donors (Lipinski definition) is 2. The quantitative estimate of drug-likeness (QED) is 0.473. The molecule has 0 spiro atoms. The Labute approximate surface area is 83.2 Å². The molecular weight excluding hydrogens is 181 g/mol. The summed E-state index contributed by atoms with van der Waals surface area (Å²) in [6.07, 6.45) is 1.15. The van der Waals surface area contributed by atoms with Gasteiger partial charge in [0.15, 0.2) is 0 Å². The van der Waals surface area contributed by atoms with Gasteiger partial charge in [0.05, 0.1) is 0 Å². The molecular formula is C10H16FN3. The minimum Gasteiger partial charge on any atom is -0.288 e. The summed E-state index contributed by atoms with van der Waals surface area (Å²) in [6.45, 7) is 7.10. The fourth-order valence-electron chi connectivity index (χ4n) is 0.906. The van der Waals surface area contributed by atoms with Crippen molar-refractivity contribution in [1.29, 1.82) is 10.8 Å². The van der Waals surface area contributed by atoms with E-state index in [0.29, 0.717) is 5.56 Å². The SMILES string of the molecule is CC.CC(=N)n1cc(F)c(C)cc1=N. The Morgan fingerprint density at radius 1 is 1.43 bits per heavy atom. The smallest absolute Gasteiger partial charge is 0.142 e. The van der Waals surface area contributed by atoms with Crippen molar-refractivity contribution in [2.24, 2.45) is 0 Å². The van der Waals surface area contributed by atoms with Gasteiger partial charge in [-0.3, -0.25) is 15.4 Å². The van der Waals surface area contributed by atoms with E-state index in [-0.39, 0.29) is 11.3 Å². The van der Waals surface area contributed by atoms with Crippen molar-refractivity contribution in [1.82, 2.24) is 4.57 Å². The lowest BCUT2D eigenvalue weighted by molar-refractivity contribution is 0.603. The highest BCUT2D eigenvalue weighted by Crippen LogP contribution is 2.00. The molecule has 0 radical (unpaired) electrons. The van der Waals surface area contributed by atoms with Gasteiger partial charge in [0.25, 0.3) is 0 Å². The van der Waals surface area contributed by atoms with Crippen LogP contribution >= 0.6 is 0 Å². The minimum absolute atomic E-state index is 0.126. The van der Waals surface area contributed by atoms with Crippen molar-refractivity contribution in [2.75, 3.05) is 0 Å². The Morgan fingerprint density at radius 3 is 2.36 bits per heavy atom. The van der Waals surface area contributed by atoms with Crippen LogP contribution in [0.25, 0.3) is 0 Å². The second-order valence-corrected chi connectivity index (χ2v) is 2.65. The zero-order valence-corrected chi connectivity index (χ0v) is 8.98. The number of pyridine rings is 1. The first kappa shape index (κ1) is 12.6. The van der Waals surface area contributed by atoms with Crippen LogP contribution in [0.3, 0.4) is 0 Å². The maximum absolute atomic E-state index is 12.9. The first-order chi connectivity index (χ1) is 6.52. The van der Waals surface area contributed by atoms with E-state index in [0.717, 1.165) is 6.20 Å². The molecule has 4 heteroatoms. The molecule has 3 nitrogen and oxygen atoms in total. The molecule has 1 rings (SSSR count). The lowest BCUT2D eigenvalue weighted by atomic mass is 10.3. The number of rotatable bonds is 0. The van der Waals surface area contributed by atoms with Crippen molar-refractivity contribution < 1.29 is 4.39 Å². The van der Waals surface area contributed by atoms with Crippen molar-refractivity contribution in [2.45, 2.75) is 27.7 Å². The molecule has 0 aliphatic carbocycles. The van der Waals surface area contributed by atoms with E-state index in [1.807, 2.05) is 13.8 Å². The normalized spacial score (nSPS) is 8.93. The van der Waals surface area contributed by atoms with E-state index in [1.165, 1.54) is 17.6 Å². The number of aromatic nitrogens is 1. The second kappa shape index (κ2) is 5.32. The molecule has 0 unspecified atom stereocenters. The standard InChI is InChI=1S/C8H10FN3.C2H6/c1-5-3-8(11)12(6(2)10)4-7(5)9;1-2/h3-4,10-11H,1-2H3;1-2H3. The van der Waals surface area contributed by atoms with E-state index >= 15 is 0 Å². The minimum atomic E-state index is -0.391. The molecule has 0 aliphatic rings. The molecule has 0 fully saturated rings. The Kier molecular flexibility index (Phi) is 4.77. The van der Waals surface area contributed by atoms with E-state index in [1.54, 1.807) is 6.92 Å². The molecule has 2 N–H and O–H groups in total. The lowest BCUT2D eigenvalue weighted by Crippen LogP contribution is -2.24. The van der Waals surface area contributed by atoms with Crippen molar-refractivity contribution >= 4 is 5.84 Å². The van der Waals surface area contributed by atoms with Gasteiger partial charge in [0.2, 0.25) is 0 Å². The Balaban J connectivity index is 0.000000791. The highest BCUT2D eigenvalue weighted by Gasteiger charge is 2.00. The maximum atomic E-state index is 12.9. The lowest BCUT2D eigenvalue weighted by Gasteiger charge is -2.05. The number of nitrogens with zero attached hydrogens (tertiary/aromatic N) is 1. The van der Waals surface area contributed by atoms with E-state index in [4.69, 9.17) is 10.8 Å². The maximum Gasteiger partial charge on any atom is 0.142 e. The molecule has 0 saturated heterocycles. The first-order valence-electron chi connectivity index (χ1n) is 4.51. The van der Waals surface area contributed by atoms with Crippen LogP contribution in [0.4, 0.5) is 4.39 Å². The first-order valence-corrected chi connectivity index (χ1v) is 4.51.